The van der Waals surface area contributed by atoms with Crippen molar-refractivity contribution in [2.24, 2.45) is 0 Å². The summed E-state index contributed by atoms with van der Waals surface area (Å²) in [6.45, 7) is 0. The van der Waals surface area contributed by atoms with Gasteiger partial charge < -0.3 is 17.7 Å². The third kappa shape index (κ3) is 3.72. The van der Waals surface area contributed by atoms with E-state index in [-0.39, 0.29) is 0 Å². The lowest BCUT2D eigenvalue weighted by molar-refractivity contribution is 0.658. The first-order valence-corrected chi connectivity index (χ1v) is 17.8. The molecule has 5 aromatic heterocycles. The van der Waals surface area contributed by atoms with E-state index in [1.165, 1.54) is 0 Å². The number of fused-ring (bicyclic) bond motifs is 7. The summed E-state index contributed by atoms with van der Waals surface area (Å²) in [5.74, 6) is 1.62. The number of furan rings is 3. The number of hydrogen-bond donors (Lipinski definition) is 0. The molecule has 0 N–H and O–H groups in total. The van der Waals surface area contributed by atoms with E-state index < -0.39 is 0 Å². The van der Waals surface area contributed by atoms with Gasteiger partial charge in [0.05, 0.1) is 16.3 Å². The first-order chi connectivity index (χ1) is 26.7. The molecule has 5 heterocycles. The number of rotatable bonds is 3. The molecule has 0 aliphatic rings. The summed E-state index contributed by atoms with van der Waals surface area (Å²) in [6, 6.07) is 47.0. The lowest BCUT2D eigenvalue weighted by Crippen LogP contribution is -2.00. The molecule has 0 aliphatic carbocycles. The summed E-state index contributed by atoms with van der Waals surface area (Å²) in [4.78, 5) is 15.4. The topological polar surface area (TPSA) is 91.2 Å². The molecule has 0 saturated carbocycles. The molecular formula is C47H23N3O4. The maximum atomic E-state index is 7.16. The van der Waals surface area contributed by atoms with Gasteiger partial charge in [-0.2, -0.15) is 0 Å². The number of nitrogens with zero attached hydrogens (tertiary/aromatic N) is 3. The van der Waals surface area contributed by atoms with Crippen molar-refractivity contribution in [2.45, 2.75) is 0 Å². The highest BCUT2D eigenvalue weighted by Gasteiger charge is 2.26. The molecule has 0 fully saturated rings. The zero-order valence-electron chi connectivity index (χ0n) is 28.3. The van der Waals surface area contributed by atoms with E-state index in [2.05, 4.69) is 48.5 Å². The van der Waals surface area contributed by atoms with Crippen LogP contribution in [0.4, 0.5) is 0 Å². The SMILES string of the molecule is c1ccc(-c2nc(-c3ccc4c(ccc5oc6ccccc6c54)c3)nc(-c3ccc4oc5ccc6oc7cc8ccccc8c8oc3c4c5c6c78)n2)cc1. The van der Waals surface area contributed by atoms with Crippen LogP contribution < -0.4 is 0 Å². The average molecular weight is 694 g/mol. The highest BCUT2D eigenvalue weighted by molar-refractivity contribution is 6.34. The molecule has 13 rings (SSSR count). The van der Waals surface area contributed by atoms with Crippen molar-refractivity contribution < 1.29 is 17.7 Å². The summed E-state index contributed by atoms with van der Waals surface area (Å²) < 4.78 is 26.3. The molecule has 0 aliphatic heterocycles. The van der Waals surface area contributed by atoms with Crippen molar-refractivity contribution in [3.05, 3.63) is 140 Å². The monoisotopic (exact) mass is 693 g/mol. The van der Waals surface area contributed by atoms with Crippen LogP contribution in [0.1, 0.15) is 0 Å². The standard InChI is InChI=1S/C47H23N3O4/c1-2-8-24(9-3-1)45-48-46(27-14-16-28-26(22-27)15-18-33-38(28)30-12-6-7-13-32(30)51-33)50-47(49-45)31-17-19-36-41-39-34(52-36)20-21-35-40(39)42-37(53-35)23-25-10-4-5-11-29(25)43(42)54-44(31)41/h1-23H. The third-order valence-corrected chi connectivity index (χ3v) is 10.9. The summed E-state index contributed by atoms with van der Waals surface area (Å²) in [5, 5.41) is 10.1. The van der Waals surface area contributed by atoms with Crippen molar-refractivity contribution in [3.8, 4) is 34.2 Å². The van der Waals surface area contributed by atoms with Crippen LogP contribution in [0.15, 0.2) is 157 Å². The second-order valence-corrected chi connectivity index (χ2v) is 13.9. The Morgan fingerprint density at radius 3 is 1.80 bits per heavy atom. The maximum absolute atomic E-state index is 7.16. The molecule has 0 bridgehead atoms. The van der Waals surface area contributed by atoms with Crippen LogP contribution in [0.2, 0.25) is 0 Å². The minimum Gasteiger partial charge on any atom is -0.456 e. The van der Waals surface area contributed by atoms with Gasteiger partial charge in [0.2, 0.25) is 0 Å². The van der Waals surface area contributed by atoms with Gasteiger partial charge in [0.15, 0.2) is 17.5 Å². The Balaban J connectivity index is 1.12. The van der Waals surface area contributed by atoms with Gasteiger partial charge in [-0.1, -0.05) is 91.0 Å². The van der Waals surface area contributed by atoms with E-state index in [0.717, 1.165) is 104 Å². The lowest BCUT2D eigenvalue weighted by Gasteiger charge is -2.10. The van der Waals surface area contributed by atoms with Gasteiger partial charge in [0.1, 0.15) is 44.7 Å². The third-order valence-electron chi connectivity index (χ3n) is 10.9. The van der Waals surface area contributed by atoms with Gasteiger partial charge in [0.25, 0.3) is 0 Å². The highest BCUT2D eigenvalue weighted by atomic mass is 16.4. The number of aromatic nitrogens is 3. The Hall–Kier alpha value is -7.51. The van der Waals surface area contributed by atoms with E-state index in [1.54, 1.807) is 0 Å². The molecule has 0 radical (unpaired) electrons. The van der Waals surface area contributed by atoms with Crippen molar-refractivity contribution >= 4 is 98.5 Å². The minimum atomic E-state index is 0.497. The predicted molar refractivity (Wildman–Crippen MR) is 214 cm³/mol. The first kappa shape index (κ1) is 28.1. The Labute approximate surface area is 304 Å². The second-order valence-electron chi connectivity index (χ2n) is 13.9. The van der Waals surface area contributed by atoms with Gasteiger partial charge in [-0.3, -0.25) is 0 Å². The van der Waals surface area contributed by atoms with E-state index in [1.807, 2.05) is 91.0 Å². The Morgan fingerprint density at radius 2 is 0.926 bits per heavy atom. The maximum Gasteiger partial charge on any atom is 0.167 e. The normalized spacial score (nSPS) is 12.4. The molecule has 7 heteroatoms. The van der Waals surface area contributed by atoms with Crippen molar-refractivity contribution in [1.82, 2.24) is 15.0 Å². The van der Waals surface area contributed by atoms with Gasteiger partial charge in [-0.05, 0) is 64.7 Å². The van der Waals surface area contributed by atoms with Crippen LogP contribution in [-0.2, 0) is 0 Å². The van der Waals surface area contributed by atoms with E-state index in [4.69, 9.17) is 32.6 Å². The van der Waals surface area contributed by atoms with Crippen LogP contribution in [0.5, 0.6) is 0 Å². The van der Waals surface area contributed by atoms with Gasteiger partial charge >= 0.3 is 0 Å². The van der Waals surface area contributed by atoms with Crippen molar-refractivity contribution in [3.63, 3.8) is 0 Å². The van der Waals surface area contributed by atoms with Crippen LogP contribution >= 0.6 is 0 Å². The molecule has 250 valence electrons. The van der Waals surface area contributed by atoms with Crippen molar-refractivity contribution in [1.29, 1.82) is 0 Å². The fraction of sp³-hybridized carbons (Fsp3) is 0. The molecular weight excluding hydrogens is 671 g/mol. The highest BCUT2D eigenvalue weighted by Crippen LogP contribution is 2.48. The predicted octanol–water partition coefficient (Wildman–Crippen LogP) is 13.1. The van der Waals surface area contributed by atoms with E-state index in [9.17, 15) is 0 Å². The van der Waals surface area contributed by atoms with E-state index >= 15 is 0 Å². The first-order valence-electron chi connectivity index (χ1n) is 17.8. The summed E-state index contributed by atoms with van der Waals surface area (Å²) >= 11 is 0. The van der Waals surface area contributed by atoms with Crippen molar-refractivity contribution in [2.75, 3.05) is 0 Å². The molecule has 13 aromatic rings. The fourth-order valence-corrected chi connectivity index (χ4v) is 8.49. The quantitative estimate of drug-likeness (QED) is 0.182. The zero-order chi connectivity index (χ0) is 35.1. The lowest BCUT2D eigenvalue weighted by atomic mass is 10.0. The Kier molecular flexibility index (Phi) is 5.25. The smallest absolute Gasteiger partial charge is 0.167 e. The molecule has 0 atom stereocenters. The minimum absolute atomic E-state index is 0.497. The van der Waals surface area contributed by atoms with E-state index in [0.29, 0.717) is 28.6 Å². The van der Waals surface area contributed by atoms with Gasteiger partial charge in [0, 0.05) is 38.1 Å². The van der Waals surface area contributed by atoms with Crippen LogP contribution in [0.3, 0.4) is 0 Å². The second kappa shape index (κ2) is 10.1. The molecule has 7 nitrogen and oxygen atoms in total. The summed E-state index contributed by atoms with van der Waals surface area (Å²) in [7, 11) is 0. The molecule has 54 heavy (non-hydrogen) atoms. The molecule has 0 amide bonds. The fourth-order valence-electron chi connectivity index (χ4n) is 8.49. The molecule has 0 saturated heterocycles. The van der Waals surface area contributed by atoms with Gasteiger partial charge in [-0.15, -0.1) is 0 Å². The largest absolute Gasteiger partial charge is 0.456 e. The zero-order valence-corrected chi connectivity index (χ0v) is 28.3. The average Bonchev–Trinajstić information content (AvgIpc) is 3.88. The van der Waals surface area contributed by atoms with Crippen LogP contribution in [0.25, 0.3) is 133 Å². The Bertz CT molecular complexity index is 3680. The number of benzene rings is 8. The molecule has 0 unspecified atom stereocenters. The Morgan fingerprint density at radius 1 is 0.315 bits per heavy atom. The molecule has 8 aromatic carbocycles. The van der Waals surface area contributed by atoms with Crippen LogP contribution in [-0.4, -0.2) is 15.0 Å². The van der Waals surface area contributed by atoms with Gasteiger partial charge in [-0.25, -0.2) is 15.0 Å². The summed E-state index contributed by atoms with van der Waals surface area (Å²) in [6.07, 6.45) is 0. The number of hydrogen-bond acceptors (Lipinski definition) is 7. The van der Waals surface area contributed by atoms with Crippen LogP contribution in [0, 0.1) is 0 Å². The molecule has 0 spiro atoms. The summed E-state index contributed by atoms with van der Waals surface area (Å²) in [5.41, 5.74) is 8.63. The number of para-hydroxylation sites is 1.